The molecule has 0 atom stereocenters. The lowest BCUT2D eigenvalue weighted by molar-refractivity contribution is -0.137. The van der Waals surface area contributed by atoms with Gasteiger partial charge in [0.25, 0.3) is 11.8 Å². The third-order valence-corrected chi connectivity index (χ3v) is 4.66. The van der Waals surface area contributed by atoms with Crippen LogP contribution in [0.5, 0.6) is 0 Å². The summed E-state index contributed by atoms with van der Waals surface area (Å²) in [6.45, 7) is 4.44. The van der Waals surface area contributed by atoms with Crippen molar-refractivity contribution in [3.63, 3.8) is 0 Å². The number of benzene rings is 1. The molecule has 0 unspecified atom stereocenters. The van der Waals surface area contributed by atoms with Crippen molar-refractivity contribution in [3.05, 3.63) is 52.4 Å². The average molecular weight is 374 g/mol. The second kappa shape index (κ2) is 9.15. The quantitative estimate of drug-likeness (QED) is 0.614. The number of rotatable bonds is 8. The number of carboxylic acid groups (broad SMARTS) is 1. The van der Waals surface area contributed by atoms with Crippen LogP contribution in [0.3, 0.4) is 0 Å². The molecule has 0 saturated heterocycles. The maximum absolute atomic E-state index is 12.4. The minimum Gasteiger partial charge on any atom is -0.481 e. The molecule has 0 aliphatic rings. The van der Waals surface area contributed by atoms with Gasteiger partial charge in [-0.1, -0.05) is 26.0 Å². The number of amides is 2. The van der Waals surface area contributed by atoms with Crippen LogP contribution in [-0.2, 0) is 4.79 Å². The lowest BCUT2D eigenvalue weighted by atomic mass is 10.0. The van der Waals surface area contributed by atoms with Crippen LogP contribution in [0, 0.1) is 0 Å². The predicted molar refractivity (Wildman–Crippen MR) is 102 cm³/mol. The van der Waals surface area contributed by atoms with Crippen molar-refractivity contribution in [2.24, 2.45) is 0 Å². The van der Waals surface area contributed by atoms with Crippen LogP contribution in [0.15, 0.2) is 35.7 Å². The van der Waals surface area contributed by atoms with E-state index >= 15 is 0 Å². The van der Waals surface area contributed by atoms with Gasteiger partial charge in [-0.05, 0) is 41.5 Å². The van der Waals surface area contributed by atoms with E-state index in [9.17, 15) is 14.4 Å². The molecule has 0 aliphatic carbocycles. The summed E-state index contributed by atoms with van der Waals surface area (Å²) in [5.41, 5.74) is 2.05. The molecule has 1 heterocycles. The molecule has 0 aliphatic heterocycles. The van der Waals surface area contributed by atoms with E-state index in [1.807, 2.05) is 12.1 Å². The van der Waals surface area contributed by atoms with Gasteiger partial charge >= 0.3 is 5.97 Å². The van der Waals surface area contributed by atoms with E-state index in [4.69, 9.17) is 5.11 Å². The Morgan fingerprint density at radius 2 is 1.77 bits per heavy atom. The molecule has 2 amide bonds. The topological polar surface area (TPSA) is 95.5 Å². The van der Waals surface area contributed by atoms with Gasteiger partial charge in [-0.2, -0.15) is 0 Å². The number of carboxylic acids is 1. The monoisotopic (exact) mass is 374 g/mol. The van der Waals surface area contributed by atoms with E-state index in [0.717, 1.165) is 5.56 Å². The summed E-state index contributed by atoms with van der Waals surface area (Å²) < 4.78 is 0. The Labute approximate surface area is 156 Å². The third-order valence-electron chi connectivity index (χ3n) is 3.83. The number of aliphatic carboxylic acids is 1. The summed E-state index contributed by atoms with van der Waals surface area (Å²) in [7, 11) is 0. The van der Waals surface area contributed by atoms with Gasteiger partial charge in [-0.25, -0.2) is 0 Å². The molecule has 0 radical (unpaired) electrons. The minimum atomic E-state index is -0.897. The predicted octanol–water partition coefficient (Wildman–Crippen LogP) is 3.72. The van der Waals surface area contributed by atoms with Crippen molar-refractivity contribution >= 4 is 34.1 Å². The summed E-state index contributed by atoms with van der Waals surface area (Å²) in [6, 6.07) is 9.01. The summed E-state index contributed by atoms with van der Waals surface area (Å²) >= 11 is 1.27. The Balaban J connectivity index is 1.97. The first-order valence-corrected chi connectivity index (χ1v) is 9.25. The molecule has 1 aromatic carbocycles. The normalized spacial score (nSPS) is 10.6. The lowest BCUT2D eigenvalue weighted by Gasteiger charge is -2.09. The molecule has 7 heteroatoms. The molecule has 0 fully saturated rings. The number of thiophene rings is 1. The largest absolute Gasteiger partial charge is 0.481 e. The zero-order valence-electron chi connectivity index (χ0n) is 14.7. The summed E-state index contributed by atoms with van der Waals surface area (Å²) in [6.07, 6.45) is 0.356. The fourth-order valence-corrected chi connectivity index (χ4v) is 3.10. The number of nitrogens with one attached hydrogen (secondary N) is 2. The number of carbonyl (C=O) groups excluding carboxylic acids is 2. The molecule has 1 aromatic heterocycles. The van der Waals surface area contributed by atoms with Crippen molar-refractivity contribution in [2.75, 3.05) is 11.9 Å². The highest BCUT2D eigenvalue weighted by atomic mass is 32.1. The maximum Gasteiger partial charge on any atom is 0.303 e. The van der Waals surface area contributed by atoms with Crippen molar-refractivity contribution in [2.45, 2.75) is 32.6 Å². The van der Waals surface area contributed by atoms with Crippen LogP contribution < -0.4 is 10.6 Å². The number of hydrogen-bond acceptors (Lipinski definition) is 4. The SMILES string of the molecule is CC(C)c1ccc(C(=O)Nc2sccc2C(=O)NCCCC(=O)O)cc1. The number of hydrogen-bond donors (Lipinski definition) is 3. The van der Waals surface area contributed by atoms with Gasteiger partial charge in [0.2, 0.25) is 0 Å². The zero-order valence-corrected chi connectivity index (χ0v) is 15.6. The highest BCUT2D eigenvalue weighted by molar-refractivity contribution is 7.14. The lowest BCUT2D eigenvalue weighted by Crippen LogP contribution is -2.25. The van der Waals surface area contributed by atoms with E-state index in [1.54, 1.807) is 23.6 Å². The zero-order chi connectivity index (χ0) is 19.1. The Bertz CT molecular complexity index is 781. The van der Waals surface area contributed by atoms with Gasteiger partial charge in [-0.3, -0.25) is 14.4 Å². The summed E-state index contributed by atoms with van der Waals surface area (Å²) in [5.74, 6) is -1.11. The Kier molecular flexibility index (Phi) is 6.91. The Hall–Kier alpha value is -2.67. The van der Waals surface area contributed by atoms with Gasteiger partial charge in [0, 0.05) is 18.5 Å². The van der Waals surface area contributed by atoms with Gasteiger partial charge in [0.05, 0.1) is 5.56 Å². The van der Waals surface area contributed by atoms with E-state index in [0.29, 0.717) is 28.5 Å². The molecule has 138 valence electrons. The van der Waals surface area contributed by atoms with Crippen LogP contribution in [-0.4, -0.2) is 29.4 Å². The first-order valence-electron chi connectivity index (χ1n) is 8.37. The second-order valence-electron chi connectivity index (χ2n) is 6.15. The molecular weight excluding hydrogens is 352 g/mol. The molecule has 3 N–H and O–H groups in total. The highest BCUT2D eigenvalue weighted by Crippen LogP contribution is 2.24. The van der Waals surface area contributed by atoms with E-state index < -0.39 is 5.97 Å². The van der Waals surface area contributed by atoms with Gasteiger partial charge in [0.1, 0.15) is 5.00 Å². The third kappa shape index (κ3) is 5.42. The Morgan fingerprint density at radius 1 is 1.08 bits per heavy atom. The van der Waals surface area contributed by atoms with Crippen molar-refractivity contribution in [1.82, 2.24) is 5.32 Å². The van der Waals surface area contributed by atoms with Crippen LogP contribution >= 0.6 is 11.3 Å². The van der Waals surface area contributed by atoms with Crippen LogP contribution in [0.2, 0.25) is 0 Å². The molecule has 0 saturated carbocycles. The number of carbonyl (C=O) groups is 3. The average Bonchev–Trinajstić information content (AvgIpc) is 3.06. The van der Waals surface area contributed by atoms with Crippen LogP contribution in [0.4, 0.5) is 5.00 Å². The fraction of sp³-hybridized carbons (Fsp3) is 0.316. The van der Waals surface area contributed by atoms with Gasteiger partial charge < -0.3 is 15.7 Å². The fourth-order valence-electron chi connectivity index (χ4n) is 2.32. The van der Waals surface area contributed by atoms with E-state index in [2.05, 4.69) is 24.5 Å². The van der Waals surface area contributed by atoms with Crippen LogP contribution in [0.25, 0.3) is 0 Å². The maximum atomic E-state index is 12.4. The first kappa shape index (κ1) is 19.7. The Morgan fingerprint density at radius 3 is 2.38 bits per heavy atom. The second-order valence-corrected chi connectivity index (χ2v) is 7.06. The highest BCUT2D eigenvalue weighted by Gasteiger charge is 2.16. The molecule has 26 heavy (non-hydrogen) atoms. The molecule has 6 nitrogen and oxygen atoms in total. The van der Waals surface area contributed by atoms with Gasteiger partial charge in [-0.15, -0.1) is 11.3 Å². The summed E-state index contributed by atoms with van der Waals surface area (Å²) in [5, 5.41) is 16.2. The summed E-state index contributed by atoms with van der Waals surface area (Å²) in [4.78, 5) is 35.1. The standard InChI is InChI=1S/C19H22N2O4S/c1-12(2)13-5-7-14(8-6-13)17(24)21-19-15(9-11-26-19)18(25)20-10-3-4-16(22)23/h5-9,11-12H,3-4,10H2,1-2H3,(H,20,25)(H,21,24)(H,22,23). The van der Waals surface area contributed by atoms with Crippen molar-refractivity contribution in [3.8, 4) is 0 Å². The molecule has 0 spiro atoms. The van der Waals surface area contributed by atoms with Gasteiger partial charge in [0.15, 0.2) is 0 Å². The molecule has 2 aromatic rings. The molecule has 0 bridgehead atoms. The smallest absolute Gasteiger partial charge is 0.303 e. The first-order chi connectivity index (χ1) is 12.4. The minimum absolute atomic E-state index is 0.000117. The van der Waals surface area contributed by atoms with Crippen molar-refractivity contribution < 1.29 is 19.5 Å². The van der Waals surface area contributed by atoms with E-state index in [1.165, 1.54) is 11.3 Å². The molecule has 2 rings (SSSR count). The molecular formula is C19H22N2O4S. The van der Waals surface area contributed by atoms with Crippen molar-refractivity contribution in [1.29, 1.82) is 0 Å². The van der Waals surface area contributed by atoms with E-state index in [-0.39, 0.29) is 24.8 Å². The van der Waals surface area contributed by atoms with Crippen LogP contribution in [0.1, 0.15) is 58.9 Å². The number of anilines is 1.